The number of anilines is 3. The van der Waals surface area contributed by atoms with Crippen molar-refractivity contribution in [1.29, 1.82) is 0 Å². The van der Waals surface area contributed by atoms with E-state index in [-0.39, 0.29) is 24.6 Å². The van der Waals surface area contributed by atoms with E-state index in [4.69, 9.17) is 4.42 Å². The first-order chi connectivity index (χ1) is 19.4. The Morgan fingerprint density at radius 1 is 1.02 bits per heavy atom. The van der Waals surface area contributed by atoms with Crippen molar-refractivity contribution in [3.63, 3.8) is 0 Å². The molecule has 3 heterocycles. The standard InChI is InChI=1S/C30H32F2N6O2/c1-19-14-21(6-7-27(19)38-10-8-33-9-11-38)34-30-35-26-5-3-4-22(29(26)40-30)20-15-24(31)23(25(32)16-20)17-37-13-12-36(2)28(39)18-37/h3-7,14-16,33H,8-13,17-18H2,1-2H3,(H,34,35). The van der Waals surface area contributed by atoms with Gasteiger partial charge >= 0.3 is 0 Å². The number of para-hydroxylation sites is 1. The van der Waals surface area contributed by atoms with E-state index in [0.717, 1.165) is 37.4 Å². The SMILES string of the molecule is Cc1cc(Nc2nc3cccc(-c4cc(F)c(CN5CCN(C)C(=O)C5)c(F)c4)c3o2)ccc1N1CCNCC1. The number of nitrogens with zero attached hydrogens (tertiary/aromatic N) is 4. The first-order valence-corrected chi connectivity index (χ1v) is 13.5. The highest BCUT2D eigenvalue weighted by Crippen LogP contribution is 2.34. The number of aryl methyl sites for hydroxylation is 1. The topological polar surface area (TPSA) is 76.9 Å². The van der Waals surface area contributed by atoms with E-state index in [9.17, 15) is 4.79 Å². The summed E-state index contributed by atoms with van der Waals surface area (Å²) < 4.78 is 36.5. The Morgan fingerprint density at radius 2 is 1.80 bits per heavy atom. The fourth-order valence-corrected chi connectivity index (χ4v) is 5.42. The van der Waals surface area contributed by atoms with Gasteiger partial charge in [0.15, 0.2) is 5.58 Å². The molecule has 6 rings (SSSR count). The number of carbonyl (C=O) groups is 1. The maximum Gasteiger partial charge on any atom is 0.300 e. The molecular formula is C30H32F2N6O2. The molecule has 10 heteroatoms. The van der Waals surface area contributed by atoms with Crippen LogP contribution < -0.4 is 15.5 Å². The molecule has 0 spiro atoms. The van der Waals surface area contributed by atoms with E-state index in [1.807, 2.05) is 6.07 Å². The molecule has 208 valence electrons. The van der Waals surface area contributed by atoms with Crippen LogP contribution in [0.4, 0.5) is 26.2 Å². The fraction of sp³-hybridized carbons (Fsp3) is 0.333. The predicted molar refractivity (Wildman–Crippen MR) is 152 cm³/mol. The Kier molecular flexibility index (Phi) is 7.12. The van der Waals surface area contributed by atoms with Crippen LogP contribution in [0.5, 0.6) is 0 Å². The van der Waals surface area contributed by atoms with E-state index < -0.39 is 11.6 Å². The van der Waals surface area contributed by atoms with Gasteiger partial charge in [0, 0.05) is 75.4 Å². The normalized spacial score (nSPS) is 16.6. The molecule has 8 nitrogen and oxygen atoms in total. The summed E-state index contributed by atoms with van der Waals surface area (Å²) in [6, 6.07) is 14.4. The number of benzene rings is 3. The quantitative estimate of drug-likeness (QED) is 0.369. The number of amides is 1. The second-order valence-corrected chi connectivity index (χ2v) is 10.5. The van der Waals surface area contributed by atoms with Crippen LogP contribution in [0.2, 0.25) is 0 Å². The van der Waals surface area contributed by atoms with Crippen molar-refractivity contribution in [3.05, 3.63) is 71.3 Å². The lowest BCUT2D eigenvalue weighted by Gasteiger charge is -2.32. The highest BCUT2D eigenvalue weighted by molar-refractivity contribution is 5.91. The van der Waals surface area contributed by atoms with Crippen LogP contribution in [0.15, 0.2) is 52.9 Å². The van der Waals surface area contributed by atoms with E-state index >= 15 is 8.78 Å². The Balaban J connectivity index is 1.23. The number of piperazine rings is 2. The molecule has 0 atom stereocenters. The van der Waals surface area contributed by atoms with Crippen molar-refractivity contribution in [3.8, 4) is 11.1 Å². The Morgan fingerprint density at radius 3 is 2.52 bits per heavy atom. The zero-order valence-electron chi connectivity index (χ0n) is 22.6. The lowest BCUT2D eigenvalue weighted by molar-refractivity contribution is -0.134. The largest absolute Gasteiger partial charge is 0.423 e. The maximum absolute atomic E-state index is 15.2. The van der Waals surface area contributed by atoms with Gasteiger partial charge in [-0.3, -0.25) is 9.69 Å². The first kappa shape index (κ1) is 26.2. The number of hydrogen-bond acceptors (Lipinski definition) is 7. The minimum absolute atomic E-state index is 0.0327. The summed E-state index contributed by atoms with van der Waals surface area (Å²) in [5, 5.41) is 6.61. The average Bonchev–Trinajstić information content (AvgIpc) is 3.35. The van der Waals surface area contributed by atoms with Gasteiger partial charge < -0.3 is 24.9 Å². The fourth-order valence-electron chi connectivity index (χ4n) is 5.42. The highest BCUT2D eigenvalue weighted by Gasteiger charge is 2.24. The Labute approximate surface area is 231 Å². The van der Waals surface area contributed by atoms with Gasteiger partial charge in [0.2, 0.25) is 5.91 Å². The summed E-state index contributed by atoms with van der Waals surface area (Å²) in [5.74, 6) is -1.37. The molecule has 2 N–H and O–H groups in total. The number of carbonyl (C=O) groups excluding carboxylic acids is 1. The maximum atomic E-state index is 15.2. The van der Waals surface area contributed by atoms with Crippen LogP contribution in [0.1, 0.15) is 11.1 Å². The van der Waals surface area contributed by atoms with Crippen molar-refractivity contribution in [2.45, 2.75) is 13.5 Å². The molecule has 3 aromatic carbocycles. The number of hydrogen-bond donors (Lipinski definition) is 2. The van der Waals surface area contributed by atoms with Crippen molar-refractivity contribution < 1.29 is 18.0 Å². The molecule has 40 heavy (non-hydrogen) atoms. The van der Waals surface area contributed by atoms with Crippen molar-refractivity contribution in [2.24, 2.45) is 0 Å². The third-order valence-electron chi connectivity index (χ3n) is 7.69. The minimum Gasteiger partial charge on any atom is -0.423 e. The molecule has 1 aromatic heterocycles. The van der Waals surface area contributed by atoms with Gasteiger partial charge in [0.05, 0.1) is 6.54 Å². The van der Waals surface area contributed by atoms with Gasteiger partial charge in [-0.05, 0) is 54.4 Å². The minimum atomic E-state index is -0.656. The van der Waals surface area contributed by atoms with Gasteiger partial charge in [0.25, 0.3) is 6.01 Å². The summed E-state index contributed by atoms with van der Waals surface area (Å²) in [6.45, 7) is 7.24. The van der Waals surface area contributed by atoms with Crippen LogP contribution in [-0.2, 0) is 11.3 Å². The number of likely N-dealkylation sites (N-methyl/N-ethyl adjacent to an activating group) is 1. The first-order valence-electron chi connectivity index (χ1n) is 13.5. The van der Waals surface area contributed by atoms with Crippen molar-refractivity contribution in [2.75, 3.05) is 63.1 Å². The van der Waals surface area contributed by atoms with Crippen LogP contribution >= 0.6 is 0 Å². The summed E-state index contributed by atoms with van der Waals surface area (Å²) in [4.78, 5) is 22.3. The molecule has 2 aliphatic rings. The summed E-state index contributed by atoms with van der Waals surface area (Å²) >= 11 is 0. The summed E-state index contributed by atoms with van der Waals surface area (Å²) in [7, 11) is 1.73. The molecule has 0 saturated carbocycles. The second-order valence-electron chi connectivity index (χ2n) is 10.5. The average molecular weight is 547 g/mol. The van der Waals surface area contributed by atoms with Crippen LogP contribution in [0.25, 0.3) is 22.2 Å². The number of halogens is 2. The molecule has 1 amide bonds. The van der Waals surface area contributed by atoms with Crippen LogP contribution in [0.3, 0.4) is 0 Å². The molecule has 0 unspecified atom stereocenters. The molecule has 2 fully saturated rings. The van der Waals surface area contributed by atoms with Gasteiger partial charge in [-0.1, -0.05) is 12.1 Å². The summed E-state index contributed by atoms with van der Waals surface area (Å²) in [6.07, 6.45) is 0. The monoisotopic (exact) mass is 546 g/mol. The number of rotatable bonds is 6. The zero-order chi connectivity index (χ0) is 27.8. The van der Waals surface area contributed by atoms with Gasteiger partial charge in [-0.15, -0.1) is 0 Å². The molecule has 4 aromatic rings. The third-order valence-corrected chi connectivity index (χ3v) is 7.69. The smallest absolute Gasteiger partial charge is 0.300 e. The zero-order valence-corrected chi connectivity index (χ0v) is 22.6. The molecule has 0 radical (unpaired) electrons. The van der Waals surface area contributed by atoms with Gasteiger partial charge in [-0.2, -0.15) is 4.98 Å². The van der Waals surface area contributed by atoms with Crippen LogP contribution in [-0.4, -0.2) is 73.6 Å². The van der Waals surface area contributed by atoms with Gasteiger partial charge in [-0.25, -0.2) is 8.78 Å². The van der Waals surface area contributed by atoms with E-state index in [2.05, 4.69) is 39.6 Å². The number of fused-ring (bicyclic) bond motifs is 1. The Hall–Kier alpha value is -4.02. The number of oxazole rings is 1. The van der Waals surface area contributed by atoms with Crippen LogP contribution in [0, 0.1) is 18.6 Å². The summed E-state index contributed by atoms with van der Waals surface area (Å²) in [5.41, 5.74) is 5.07. The van der Waals surface area contributed by atoms with Crippen molar-refractivity contribution >= 4 is 34.4 Å². The van der Waals surface area contributed by atoms with Gasteiger partial charge in [0.1, 0.15) is 17.2 Å². The number of aromatic nitrogens is 1. The van der Waals surface area contributed by atoms with E-state index in [0.29, 0.717) is 41.3 Å². The third kappa shape index (κ3) is 5.24. The van der Waals surface area contributed by atoms with E-state index in [1.165, 1.54) is 17.8 Å². The predicted octanol–water partition coefficient (Wildman–Crippen LogP) is 4.51. The highest BCUT2D eigenvalue weighted by atomic mass is 19.1. The molecule has 2 aliphatic heterocycles. The lowest BCUT2D eigenvalue weighted by Crippen LogP contribution is -2.48. The molecule has 0 aliphatic carbocycles. The second kappa shape index (κ2) is 10.9. The Bertz CT molecular complexity index is 1540. The van der Waals surface area contributed by atoms with Crippen molar-refractivity contribution in [1.82, 2.24) is 20.1 Å². The molecule has 0 bridgehead atoms. The van der Waals surface area contributed by atoms with E-state index in [1.54, 1.807) is 35.0 Å². The number of nitrogens with one attached hydrogen (secondary N) is 2. The molecule has 2 saturated heterocycles. The lowest BCUT2D eigenvalue weighted by atomic mass is 10.0. The molecular weight excluding hydrogens is 514 g/mol.